The average Bonchev–Trinajstić information content (AvgIpc) is 3.50. The highest BCUT2D eigenvalue weighted by atomic mass is 28.3. The van der Waals surface area contributed by atoms with E-state index < -0.39 is 61.7 Å². The molecule has 0 aliphatic heterocycles. The number of furan rings is 1. The van der Waals surface area contributed by atoms with Crippen LogP contribution in [0.3, 0.4) is 0 Å². The molecule has 0 spiro atoms. The molecule has 0 radical (unpaired) electrons. The van der Waals surface area contributed by atoms with Gasteiger partial charge < -0.3 is 28.5 Å². The van der Waals surface area contributed by atoms with E-state index in [-0.39, 0.29) is 19.6 Å². The maximum Gasteiger partial charge on any atom is 0.352 e. The van der Waals surface area contributed by atoms with Crippen LogP contribution in [0, 0.1) is 11.8 Å². The Balaban J connectivity index is 1.84. The van der Waals surface area contributed by atoms with Crippen LogP contribution < -0.4 is 5.38 Å². The fourth-order valence-corrected chi connectivity index (χ4v) is 7.41. The van der Waals surface area contributed by atoms with Gasteiger partial charge in [0.2, 0.25) is 6.10 Å². The zero-order chi connectivity index (χ0) is 32.1. The summed E-state index contributed by atoms with van der Waals surface area (Å²) in [5, 5.41) is 13.5. The van der Waals surface area contributed by atoms with Gasteiger partial charge in [0.05, 0.1) is 30.8 Å². The molecule has 4 rings (SSSR count). The molecular formula is C34H42O9Si. The molecule has 1 saturated carbocycles. The third-order valence-corrected chi connectivity index (χ3v) is 9.66. The number of ether oxygens (including phenoxy) is 4. The minimum absolute atomic E-state index is 0.0658. The molecule has 0 amide bonds. The van der Waals surface area contributed by atoms with Crippen LogP contribution in [0.1, 0.15) is 50.0 Å². The van der Waals surface area contributed by atoms with Crippen molar-refractivity contribution in [2.45, 2.75) is 77.4 Å². The van der Waals surface area contributed by atoms with E-state index in [9.17, 15) is 19.5 Å². The lowest BCUT2D eigenvalue weighted by atomic mass is 9.65. The first-order valence-electron chi connectivity index (χ1n) is 14.9. The Morgan fingerprint density at radius 2 is 1.66 bits per heavy atom. The van der Waals surface area contributed by atoms with E-state index in [1.165, 1.54) is 13.2 Å². The van der Waals surface area contributed by atoms with Crippen LogP contribution in [0.15, 0.2) is 77.4 Å². The summed E-state index contributed by atoms with van der Waals surface area (Å²) in [6, 6.07) is 19.6. The molecule has 0 bridgehead atoms. The van der Waals surface area contributed by atoms with Gasteiger partial charge in [0.25, 0.3) is 0 Å². The molecule has 10 heteroatoms. The van der Waals surface area contributed by atoms with Gasteiger partial charge in [-0.3, -0.25) is 9.59 Å². The van der Waals surface area contributed by atoms with Gasteiger partial charge in [-0.15, -0.1) is 0 Å². The van der Waals surface area contributed by atoms with E-state index >= 15 is 0 Å². The second kappa shape index (κ2) is 13.9. The highest BCUT2D eigenvalue weighted by molar-refractivity contribution is 6.88. The number of aliphatic hydroxyl groups is 1. The van der Waals surface area contributed by atoms with Crippen molar-refractivity contribution >= 4 is 31.4 Å². The van der Waals surface area contributed by atoms with Crippen molar-refractivity contribution in [3.63, 3.8) is 0 Å². The van der Waals surface area contributed by atoms with Crippen molar-refractivity contribution in [3.8, 4) is 0 Å². The average molecular weight is 623 g/mol. The number of rotatable bonds is 11. The first-order chi connectivity index (χ1) is 20.9. The van der Waals surface area contributed by atoms with Gasteiger partial charge in [-0.2, -0.15) is 0 Å². The van der Waals surface area contributed by atoms with Crippen molar-refractivity contribution < 1.29 is 42.9 Å². The predicted molar refractivity (Wildman–Crippen MR) is 165 cm³/mol. The Hall–Kier alpha value is -3.73. The molecule has 1 N–H and O–H groups in total. The topological polar surface area (TPSA) is 122 Å². The number of hydrogen-bond donors (Lipinski definition) is 1. The molecule has 1 heterocycles. The largest absolute Gasteiger partial charge is 0.474 e. The summed E-state index contributed by atoms with van der Waals surface area (Å²) < 4.78 is 29.5. The molecule has 6 atom stereocenters. The fraction of sp³-hybridized carbons (Fsp3) is 0.441. The minimum atomic E-state index is -2.21. The first-order valence-corrected chi connectivity index (χ1v) is 18.4. The van der Waals surface area contributed by atoms with Crippen LogP contribution in [0.4, 0.5) is 0 Å². The van der Waals surface area contributed by atoms with Gasteiger partial charge in [0.15, 0.2) is 0 Å². The summed E-state index contributed by atoms with van der Waals surface area (Å²) >= 11 is 0. The van der Waals surface area contributed by atoms with E-state index in [1.807, 2.05) is 37.3 Å². The van der Waals surface area contributed by atoms with Crippen molar-refractivity contribution in [2.24, 2.45) is 11.8 Å². The second-order valence-corrected chi connectivity index (χ2v) is 17.2. The number of hydrogen-bond acceptors (Lipinski definition) is 9. The second-order valence-electron chi connectivity index (χ2n) is 12.3. The monoisotopic (exact) mass is 622 g/mol. The lowest BCUT2D eigenvalue weighted by Gasteiger charge is -2.50. The Morgan fingerprint density at radius 3 is 2.25 bits per heavy atom. The summed E-state index contributed by atoms with van der Waals surface area (Å²) in [5.41, 5.74) is -0.301. The van der Waals surface area contributed by atoms with Crippen molar-refractivity contribution in [1.29, 1.82) is 0 Å². The summed E-state index contributed by atoms with van der Waals surface area (Å²) in [4.78, 5) is 39.4. The quantitative estimate of drug-likeness (QED) is 0.178. The maximum absolute atomic E-state index is 13.8. The smallest absolute Gasteiger partial charge is 0.352 e. The molecule has 0 saturated heterocycles. The Bertz CT molecular complexity index is 1420. The molecule has 44 heavy (non-hydrogen) atoms. The Kier molecular flexibility index (Phi) is 10.5. The highest BCUT2D eigenvalue weighted by Crippen LogP contribution is 2.48. The van der Waals surface area contributed by atoms with Gasteiger partial charge in [-0.1, -0.05) is 87.2 Å². The zero-order valence-corrected chi connectivity index (χ0v) is 27.1. The Morgan fingerprint density at radius 1 is 1.02 bits per heavy atom. The molecule has 0 unspecified atom stereocenters. The normalized spacial score (nSPS) is 24.2. The van der Waals surface area contributed by atoms with Crippen molar-refractivity contribution in [1.82, 2.24) is 0 Å². The lowest BCUT2D eigenvalue weighted by Crippen LogP contribution is -2.64. The van der Waals surface area contributed by atoms with E-state index in [4.69, 9.17) is 23.4 Å². The molecule has 9 nitrogen and oxygen atoms in total. The van der Waals surface area contributed by atoms with Gasteiger partial charge in [-0.25, -0.2) is 4.79 Å². The predicted octanol–water partition coefficient (Wildman–Crippen LogP) is 5.03. The summed E-state index contributed by atoms with van der Waals surface area (Å²) in [7, 11) is -2.21. The van der Waals surface area contributed by atoms with Crippen LogP contribution in [0.25, 0.3) is 0 Å². The molecule has 1 aliphatic carbocycles. The van der Waals surface area contributed by atoms with Gasteiger partial charge in [-0.05, 0) is 30.9 Å². The lowest BCUT2D eigenvalue weighted by molar-refractivity contribution is -0.241. The number of benzene rings is 2. The van der Waals surface area contributed by atoms with Gasteiger partial charge >= 0.3 is 17.9 Å². The Labute approximate surface area is 259 Å². The third kappa shape index (κ3) is 7.14. The van der Waals surface area contributed by atoms with Crippen LogP contribution in [-0.4, -0.2) is 49.9 Å². The maximum atomic E-state index is 13.8. The summed E-state index contributed by atoms with van der Waals surface area (Å²) in [6.07, 6.45) is -1.95. The minimum Gasteiger partial charge on any atom is -0.474 e. The standard InChI is InChI=1S/C34H42O9Si/c1-7-39-31(36)27-20-22(2)28(43-32(37)29(42-23(3)35)25-16-12-9-13-17-25)30(41-21-24-14-10-8-11-15-24)34(27,38)26-18-19-40-33(26)44(4,5)6/h8-19,22,27-30,38H,7,20-21H2,1-6H3/t22-,27-,28+,29-,30-,34+/m1/s1. The fourth-order valence-electron chi connectivity index (χ4n) is 5.90. The molecule has 236 valence electrons. The summed E-state index contributed by atoms with van der Waals surface area (Å²) in [6.45, 7) is 11.2. The summed E-state index contributed by atoms with van der Waals surface area (Å²) in [5.74, 6) is -3.54. The third-order valence-electron chi connectivity index (χ3n) is 7.91. The van der Waals surface area contributed by atoms with Crippen molar-refractivity contribution in [3.05, 3.63) is 89.7 Å². The van der Waals surface area contributed by atoms with Crippen LogP contribution >= 0.6 is 0 Å². The van der Waals surface area contributed by atoms with E-state index in [1.54, 1.807) is 43.3 Å². The van der Waals surface area contributed by atoms with E-state index in [0.29, 0.717) is 16.5 Å². The van der Waals surface area contributed by atoms with Gasteiger partial charge in [0, 0.05) is 18.1 Å². The van der Waals surface area contributed by atoms with Crippen molar-refractivity contribution in [2.75, 3.05) is 6.61 Å². The van der Waals surface area contributed by atoms with Gasteiger partial charge in [0.1, 0.15) is 25.9 Å². The van der Waals surface area contributed by atoms with Crippen LogP contribution in [-0.2, 0) is 45.5 Å². The molecule has 1 aromatic heterocycles. The molecule has 1 aliphatic rings. The molecule has 3 aromatic rings. The highest BCUT2D eigenvalue weighted by Gasteiger charge is 2.61. The zero-order valence-electron chi connectivity index (χ0n) is 26.1. The number of carbonyl (C=O) groups is 3. The number of esters is 3. The molecular weight excluding hydrogens is 580 g/mol. The van der Waals surface area contributed by atoms with E-state index in [2.05, 4.69) is 19.6 Å². The van der Waals surface area contributed by atoms with Crippen LogP contribution in [0.2, 0.25) is 19.6 Å². The molecule has 2 aromatic carbocycles. The molecule has 1 fully saturated rings. The van der Waals surface area contributed by atoms with Crippen LogP contribution in [0.5, 0.6) is 0 Å². The number of carbonyl (C=O) groups excluding carboxylic acids is 3. The first kappa shape index (κ1) is 33.2. The SMILES string of the molecule is CCOC(=O)[C@H]1C[C@@H](C)[C@H](OC(=O)[C@H](OC(C)=O)c2ccccc2)[C@@H](OCc2ccccc2)[C@]1(O)c1ccoc1[Si](C)(C)C. The van der Waals surface area contributed by atoms with E-state index in [0.717, 1.165) is 5.56 Å².